The van der Waals surface area contributed by atoms with Gasteiger partial charge in [0.2, 0.25) is 0 Å². The Hall–Kier alpha value is -3.09. The van der Waals surface area contributed by atoms with Gasteiger partial charge in [-0.3, -0.25) is 0 Å². The van der Waals surface area contributed by atoms with Gasteiger partial charge in [-0.15, -0.1) is 0 Å². The van der Waals surface area contributed by atoms with Crippen LogP contribution in [0.5, 0.6) is 0 Å². The summed E-state index contributed by atoms with van der Waals surface area (Å²) in [6.07, 6.45) is 4.80. The molecule has 0 spiro atoms. The minimum Gasteiger partial charge on any atom is -0.362 e. The third-order valence-electron chi connectivity index (χ3n) is 5.21. The monoisotopic (exact) mass is 378 g/mol. The summed E-state index contributed by atoms with van der Waals surface area (Å²) >= 11 is 0. The number of amides is 2. The topological polar surface area (TPSA) is 77.2 Å². The van der Waals surface area contributed by atoms with Gasteiger partial charge in [-0.2, -0.15) is 0 Å². The maximum absolute atomic E-state index is 13.0. The average Bonchev–Trinajstić information content (AvgIpc) is 3.16. The van der Waals surface area contributed by atoms with Crippen molar-refractivity contribution < 1.29 is 4.79 Å². The Kier molecular flexibility index (Phi) is 5.14. The van der Waals surface area contributed by atoms with Crippen molar-refractivity contribution in [3.63, 3.8) is 0 Å². The first-order chi connectivity index (χ1) is 13.6. The number of aromatic amines is 1. The molecule has 28 heavy (non-hydrogen) atoms. The van der Waals surface area contributed by atoms with E-state index in [-0.39, 0.29) is 12.1 Å². The predicted molar refractivity (Wildman–Crippen MR) is 110 cm³/mol. The molecule has 7 nitrogen and oxygen atoms in total. The highest BCUT2D eigenvalue weighted by atomic mass is 16.2. The molecule has 0 saturated carbocycles. The van der Waals surface area contributed by atoms with Gasteiger partial charge in [-0.1, -0.05) is 18.2 Å². The van der Waals surface area contributed by atoms with Gasteiger partial charge in [-0.25, -0.2) is 14.8 Å². The average molecular weight is 378 g/mol. The number of hydrogen-bond donors (Lipinski definition) is 2. The lowest BCUT2D eigenvalue weighted by molar-refractivity contribution is 0.147. The summed E-state index contributed by atoms with van der Waals surface area (Å²) in [4.78, 5) is 29.4. The first kappa shape index (κ1) is 18.3. The summed E-state index contributed by atoms with van der Waals surface area (Å²) in [6, 6.07) is 11.8. The number of imidazole rings is 1. The van der Waals surface area contributed by atoms with E-state index in [1.165, 1.54) is 0 Å². The zero-order valence-corrected chi connectivity index (χ0v) is 16.4. The molecule has 1 fully saturated rings. The molecular weight excluding hydrogens is 352 g/mol. The van der Waals surface area contributed by atoms with E-state index in [9.17, 15) is 4.79 Å². The molecule has 0 aliphatic carbocycles. The molecular formula is C21H26N6O. The first-order valence-corrected chi connectivity index (χ1v) is 9.74. The van der Waals surface area contributed by atoms with Crippen LogP contribution in [0.4, 0.5) is 10.6 Å². The van der Waals surface area contributed by atoms with Crippen LogP contribution in [0.15, 0.2) is 42.6 Å². The van der Waals surface area contributed by atoms with E-state index in [1.54, 1.807) is 6.20 Å². The molecule has 3 aromatic rings. The van der Waals surface area contributed by atoms with Crippen LogP contribution < -0.4 is 10.2 Å². The summed E-state index contributed by atoms with van der Waals surface area (Å²) in [5, 5.41) is 3.08. The Morgan fingerprint density at radius 2 is 2.11 bits per heavy atom. The van der Waals surface area contributed by atoms with Gasteiger partial charge in [0.25, 0.3) is 0 Å². The van der Waals surface area contributed by atoms with E-state index in [2.05, 4.69) is 15.3 Å². The number of carbonyl (C=O) groups excluding carboxylic acids is 1. The first-order valence-electron chi connectivity index (χ1n) is 9.74. The smallest absolute Gasteiger partial charge is 0.318 e. The zero-order chi connectivity index (χ0) is 19.5. The fourth-order valence-corrected chi connectivity index (χ4v) is 3.83. The maximum atomic E-state index is 13.0. The second kappa shape index (κ2) is 7.88. The van der Waals surface area contributed by atoms with Gasteiger partial charge >= 0.3 is 6.03 Å². The third-order valence-corrected chi connectivity index (χ3v) is 5.21. The maximum Gasteiger partial charge on any atom is 0.318 e. The Bertz CT molecular complexity index is 933. The summed E-state index contributed by atoms with van der Waals surface area (Å²) in [6.45, 7) is 1.19. The number of benzene rings is 1. The molecule has 2 N–H and O–H groups in total. The molecule has 3 heterocycles. The zero-order valence-electron chi connectivity index (χ0n) is 16.4. The van der Waals surface area contributed by atoms with Crippen molar-refractivity contribution in [3.05, 3.63) is 54.0 Å². The molecule has 1 saturated heterocycles. The van der Waals surface area contributed by atoms with Crippen molar-refractivity contribution >= 4 is 22.9 Å². The van der Waals surface area contributed by atoms with Crippen molar-refractivity contribution in [2.75, 3.05) is 25.5 Å². The second-order valence-electron chi connectivity index (χ2n) is 7.38. The van der Waals surface area contributed by atoms with Crippen LogP contribution >= 0.6 is 0 Å². The number of fused-ring (bicyclic) bond motifs is 1. The SMILES string of the molecule is CN(C)c1ncccc1CNC(=O)N1CCCCC1c1nc2ccccc2[nH]1. The van der Waals surface area contributed by atoms with E-state index in [0.29, 0.717) is 6.54 Å². The predicted octanol–water partition coefficient (Wildman–Crippen LogP) is 3.46. The molecule has 0 radical (unpaired) electrons. The van der Waals surface area contributed by atoms with Crippen LogP contribution in [0.2, 0.25) is 0 Å². The third kappa shape index (κ3) is 3.65. The summed E-state index contributed by atoms with van der Waals surface area (Å²) < 4.78 is 0. The van der Waals surface area contributed by atoms with E-state index < -0.39 is 0 Å². The van der Waals surface area contributed by atoms with Crippen LogP contribution in [-0.4, -0.2) is 46.5 Å². The highest BCUT2D eigenvalue weighted by Gasteiger charge is 2.30. The molecule has 4 rings (SSSR count). The fraction of sp³-hybridized carbons (Fsp3) is 0.381. The standard InChI is InChI=1S/C21H26N6O/c1-26(2)20-15(8-7-12-22-20)14-23-21(28)27-13-6-5-11-18(27)19-24-16-9-3-4-10-17(16)25-19/h3-4,7-10,12,18H,5-6,11,13-14H2,1-2H3,(H,23,28)(H,24,25). The number of rotatable bonds is 4. The number of nitrogens with zero attached hydrogens (tertiary/aromatic N) is 4. The molecule has 1 aromatic carbocycles. The highest BCUT2D eigenvalue weighted by molar-refractivity contribution is 5.77. The van der Waals surface area contributed by atoms with Crippen molar-refractivity contribution in [3.8, 4) is 0 Å². The molecule has 2 amide bonds. The molecule has 146 valence electrons. The summed E-state index contributed by atoms with van der Waals surface area (Å²) in [5.74, 6) is 1.74. The Morgan fingerprint density at radius 3 is 2.93 bits per heavy atom. The Labute approximate surface area is 164 Å². The number of H-pyrrole nitrogens is 1. The minimum atomic E-state index is -0.0567. The molecule has 1 atom stereocenters. The van der Waals surface area contributed by atoms with Gasteiger partial charge in [0.15, 0.2) is 0 Å². The second-order valence-corrected chi connectivity index (χ2v) is 7.38. The van der Waals surface area contributed by atoms with Gasteiger partial charge < -0.3 is 20.1 Å². The van der Waals surface area contributed by atoms with Crippen molar-refractivity contribution in [1.82, 2.24) is 25.2 Å². The molecule has 2 aromatic heterocycles. The number of urea groups is 1. The van der Waals surface area contributed by atoms with Crippen LogP contribution in [0.3, 0.4) is 0 Å². The lowest BCUT2D eigenvalue weighted by Crippen LogP contribution is -2.44. The number of carbonyl (C=O) groups is 1. The van der Waals surface area contributed by atoms with E-state index in [0.717, 1.165) is 54.0 Å². The van der Waals surface area contributed by atoms with Crippen LogP contribution in [0.25, 0.3) is 11.0 Å². The van der Waals surface area contributed by atoms with Gasteiger partial charge in [0.05, 0.1) is 17.1 Å². The number of aromatic nitrogens is 3. The number of nitrogens with one attached hydrogen (secondary N) is 2. The minimum absolute atomic E-state index is 0.0247. The summed E-state index contributed by atoms with van der Waals surface area (Å²) in [5.41, 5.74) is 2.95. The Morgan fingerprint density at radius 1 is 1.25 bits per heavy atom. The van der Waals surface area contributed by atoms with Crippen LogP contribution in [-0.2, 0) is 6.54 Å². The van der Waals surface area contributed by atoms with Crippen molar-refractivity contribution in [1.29, 1.82) is 0 Å². The van der Waals surface area contributed by atoms with Gasteiger partial charge in [-0.05, 0) is 37.5 Å². The van der Waals surface area contributed by atoms with Crippen LogP contribution in [0.1, 0.15) is 36.7 Å². The fourth-order valence-electron chi connectivity index (χ4n) is 3.83. The van der Waals surface area contributed by atoms with Gasteiger partial charge in [0.1, 0.15) is 11.6 Å². The molecule has 1 aliphatic rings. The van der Waals surface area contributed by atoms with Crippen molar-refractivity contribution in [2.24, 2.45) is 0 Å². The largest absolute Gasteiger partial charge is 0.362 e. The van der Waals surface area contributed by atoms with Crippen LogP contribution in [0, 0.1) is 0 Å². The molecule has 1 unspecified atom stereocenters. The number of anilines is 1. The molecule has 0 bridgehead atoms. The Balaban J connectivity index is 1.50. The van der Waals surface area contributed by atoms with Crippen molar-refractivity contribution in [2.45, 2.75) is 31.8 Å². The van der Waals surface area contributed by atoms with Gasteiger partial charge in [0, 0.05) is 38.9 Å². The quantitative estimate of drug-likeness (QED) is 0.729. The normalized spacial score (nSPS) is 16.9. The number of pyridine rings is 1. The number of hydrogen-bond acceptors (Lipinski definition) is 4. The lowest BCUT2D eigenvalue weighted by Gasteiger charge is -2.34. The highest BCUT2D eigenvalue weighted by Crippen LogP contribution is 2.30. The van der Waals surface area contributed by atoms with E-state index >= 15 is 0 Å². The number of para-hydroxylation sites is 2. The number of piperidine rings is 1. The molecule has 7 heteroatoms. The molecule has 1 aliphatic heterocycles. The van der Waals surface area contributed by atoms with E-state index in [4.69, 9.17) is 4.98 Å². The summed E-state index contributed by atoms with van der Waals surface area (Å²) in [7, 11) is 3.91. The lowest BCUT2D eigenvalue weighted by atomic mass is 10.0. The van der Waals surface area contributed by atoms with E-state index in [1.807, 2.05) is 60.3 Å². The number of likely N-dealkylation sites (tertiary alicyclic amines) is 1.